The lowest BCUT2D eigenvalue weighted by Gasteiger charge is -2.17. The zero-order valence-electron chi connectivity index (χ0n) is 11.2. The minimum Gasteiger partial charge on any atom is -0.496 e. The van der Waals surface area contributed by atoms with Gasteiger partial charge in [-0.15, -0.1) is 0 Å². The van der Waals surface area contributed by atoms with E-state index in [1.54, 1.807) is 7.11 Å². The van der Waals surface area contributed by atoms with Gasteiger partial charge in [0.15, 0.2) is 0 Å². The van der Waals surface area contributed by atoms with Crippen LogP contribution in [0.25, 0.3) is 0 Å². The van der Waals surface area contributed by atoms with Gasteiger partial charge in [0.2, 0.25) is 0 Å². The highest BCUT2D eigenvalue weighted by Gasteiger charge is 2.66. The Hall–Kier alpha value is -0.540. The Kier molecular flexibility index (Phi) is 2.72. The molecule has 5 unspecified atom stereocenters. The highest BCUT2D eigenvalue weighted by atomic mass is 79.9. The highest BCUT2D eigenvalue weighted by Crippen LogP contribution is 2.71. The van der Waals surface area contributed by atoms with Gasteiger partial charge in [-0.1, -0.05) is 6.07 Å². The summed E-state index contributed by atoms with van der Waals surface area (Å²) in [6, 6.07) is 6.50. The summed E-state index contributed by atoms with van der Waals surface area (Å²) in [7, 11) is 1.70. The van der Waals surface area contributed by atoms with Crippen LogP contribution in [0.1, 0.15) is 30.9 Å². The number of halogens is 1. The fourth-order valence-corrected chi connectivity index (χ4v) is 5.54. The normalized spacial score (nSPS) is 40.1. The SMILES string of the molecule is COc1ccc(C(N)C2C3C4CCC(C4)C32)cc1Br. The molecule has 1 aromatic rings. The number of hydrogen-bond donors (Lipinski definition) is 1. The summed E-state index contributed by atoms with van der Waals surface area (Å²) < 4.78 is 6.30. The molecule has 0 saturated heterocycles. The maximum Gasteiger partial charge on any atom is 0.133 e. The van der Waals surface area contributed by atoms with Gasteiger partial charge in [-0.3, -0.25) is 0 Å². The van der Waals surface area contributed by atoms with E-state index in [1.165, 1.54) is 24.8 Å². The predicted octanol–water partition coefficient (Wildman–Crippen LogP) is 3.75. The van der Waals surface area contributed by atoms with E-state index in [9.17, 15) is 0 Å². The first-order valence-corrected chi connectivity index (χ1v) is 8.09. The van der Waals surface area contributed by atoms with Crippen molar-refractivity contribution in [3.05, 3.63) is 28.2 Å². The lowest BCUT2D eigenvalue weighted by molar-refractivity contribution is 0.408. The highest BCUT2D eigenvalue weighted by molar-refractivity contribution is 9.10. The van der Waals surface area contributed by atoms with Crippen molar-refractivity contribution in [2.75, 3.05) is 7.11 Å². The van der Waals surface area contributed by atoms with Crippen LogP contribution in [0, 0.1) is 29.6 Å². The number of nitrogens with two attached hydrogens (primary N) is 1. The van der Waals surface area contributed by atoms with Crippen LogP contribution in [0.3, 0.4) is 0 Å². The van der Waals surface area contributed by atoms with Crippen LogP contribution >= 0.6 is 15.9 Å². The molecule has 0 heterocycles. The zero-order valence-corrected chi connectivity index (χ0v) is 12.8. The van der Waals surface area contributed by atoms with E-state index < -0.39 is 0 Å². The zero-order chi connectivity index (χ0) is 13.1. The number of benzene rings is 1. The van der Waals surface area contributed by atoms with Crippen LogP contribution in [0.5, 0.6) is 5.75 Å². The van der Waals surface area contributed by atoms with Gasteiger partial charge in [-0.05, 0) is 82.5 Å². The van der Waals surface area contributed by atoms with Gasteiger partial charge in [-0.25, -0.2) is 0 Å². The topological polar surface area (TPSA) is 35.2 Å². The van der Waals surface area contributed by atoms with Crippen molar-refractivity contribution in [1.82, 2.24) is 0 Å². The van der Waals surface area contributed by atoms with E-state index in [0.717, 1.165) is 39.8 Å². The Bertz CT molecular complexity index is 501. The molecule has 19 heavy (non-hydrogen) atoms. The molecule has 1 aromatic carbocycles. The third-order valence-electron chi connectivity index (χ3n) is 5.77. The number of hydrogen-bond acceptors (Lipinski definition) is 2. The largest absolute Gasteiger partial charge is 0.496 e. The summed E-state index contributed by atoms with van der Waals surface area (Å²) in [5.74, 6) is 5.49. The summed E-state index contributed by atoms with van der Waals surface area (Å²) in [5, 5.41) is 0. The van der Waals surface area contributed by atoms with Crippen molar-refractivity contribution in [1.29, 1.82) is 0 Å². The molecule has 2 N–H and O–H groups in total. The van der Waals surface area contributed by atoms with Crippen LogP contribution in [0.15, 0.2) is 22.7 Å². The van der Waals surface area contributed by atoms with Crippen LogP contribution in [0.2, 0.25) is 0 Å². The summed E-state index contributed by atoms with van der Waals surface area (Å²) >= 11 is 3.56. The van der Waals surface area contributed by atoms with E-state index in [2.05, 4.69) is 28.1 Å². The lowest BCUT2D eigenvalue weighted by Crippen LogP contribution is -2.17. The molecule has 0 spiro atoms. The van der Waals surface area contributed by atoms with E-state index in [-0.39, 0.29) is 6.04 Å². The summed E-state index contributed by atoms with van der Waals surface area (Å²) in [6.07, 6.45) is 4.41. The molecular formula is C16H20BrNO. The van der Waals surface area contributed by atoms with Crippen molar-refractivity contribution in [2.24, 2.45) is 35.3 Å². The first-order valence-electron chi connectivity index (χ1n) is 7.29. The second-order valence-corrected chi connectivity index (χ2v) is 7.34. The average Bonchev–Trinajstić information content (AvgIpc) is 2.85. The van der Waals surface area contributed by atoms with Crippen molar-refractivity contribution in [3.63, 3.8) is 0 Å². The third-order valence-corrected chi connectivity index (χ3v) is 6.39. The van der Waals surface area contributed by atoms with Gasteiger partial charge in [0.05, 0.1) is 11.6 Å². The molecule has 0 amide bonds. The molecular weight excluding hydrogens is 302 g/mol. The van der Waals surface area contributed by atoms with E-state index in [1.807, 2.05) is 6.07 Å². The summed E-state index contributed by atoms with van der Waals surface area (Å²) in [5.41, 5.74) is 7.80. The van der Waals surface area contributed by atoms with Gasteiger partial charge in [0.1, 0.15) is 5.75 Å². The fourth-order valence-electron chi connectivity index (χ4n) is 4.98. The van der Waals surface area contributed by atoms with Crippen LogP contribution < -0.4 is 10.5 Å². The standard InChI is InChI=1S/C16H20BrNO/c1-19-12-5-4-10(7-11(12)17)16(18)15-13-8-2-3-9(6-8)14(13)15/h4-5,7-9,13-16H,2-3,6,18H2,1H3. The molecule has 3 aliphatic carbocycles. The number of rotatable bonds is 3. The average molecular weight is 322 g/mol. The monoisotopic (exact) mass is 321 g/mol. The Balaban J connectivity index is 1.56. The van der Waals surface area contributed by atoms with Gasteiger partial charge in [0, 0.05) is 6.04 Å². The molecule has 0 aliphatic heterocycles. The van der Waals surface area contributed by atoms with Crippen LogP contribution in [-0.2, 0) is 0 Å². The van der Waals surface area contributed by atoms with Crippen LogP contribution in [0.4, 0.5) is 0 Å². The molecule has 2 bridgehead atoms. The van der Waals surface area contributed by atoms with E-state index in [0.29, 0.717) is 0 Å². The van der Waals surface area contributed by atoms with Gasteiger partial charge in [-0.2, -0.15) is 0 Å². The Labute approximate surface area is 122 Å². The molecule has 0 radical (unpaired) electrons. The second-order valence-electron chi connectivity index (χ2n) is 6.49. The van der Waals surface area contributed by atoms with Gasteiger partial charge >= 0.3 is 0 Å². The maximum absolute atomic E-state index is 6.54. The molecule has 0 aromatic heterocycles. The molecule has 4 rings (SSSR count). The lowest BCUT2D eigenvalue weighted by atomic mass is 9.93. The number of ether oxygens (including phenoxy) is 1. The summed E-state index contributed by atoms with van der Waals surface area (Å²) in [4.78, 5) is 0. The molecule has 3 saturated carbocycles. The predicted molar refractivity (Wildman–Crippen MR) is 78.9 cm³/mol. The van der Waals surface area contributed by atoms with Crippen molar-refractivity contribution in [3.8, 4) is 5.75 Å². The number of methoxy groups -OCH3 is 1. The molecule has 5 atom stereocenters. The van der Waals surface area contributed by atoms with Gasteiger partial charge in [0.25, 0.3) is 0 Å². The molecule has 3 aliphatic rings. The second kappa shape index (κ2) is 4.23. The summed E-state index contributed by atoms with van der Waals surface area (Å²) in [6.45, 7) is 0. The molecule has 102 valence electrons. The molecule has 2 nitrogen and oxygen atoms in total. The van der Waals surface area contributed by atoms with Crippen LogP contribution in [-0.4, -0.2) is 7.11 Å². The number of fused-ring (bicyclic) bond motifs is 5. The Morgan fingerprint density at radius 1 is 1.26 bits per heavy atom. The molecule has 3 fully saturated rings. The third kappa shape index (κ3) is 1.71. The van der Waals surface area contributed by atoms with Crippen molar-refractivity contribution in [2.45, 2.75) is 25.3 Å². The minimum atomic E-state index is 0.209. The van der Waals surface area contributed by atoms with E-state index in [4.69, 9.17) is 10.5 Å². The first-order chi connectivity index (χ1) is 9.20. The van der Waals surface area contributed by atoms with Crippen molar-refractivity contribution >= 4 is 15.9 Å². The Morgan fingerprint density at radius 3 is 2.53 bits per heavy atom. The quantitative estimate of drug-likeness (QED) is 0.920. The Morgan fingerprint density at radius 2 is 1.95 bits per heavy atom. The fraction of sp³-hybridized carbons (Fsp3) is 0.625. The smallest absolute Gasteiger partial charge is 0.133 e. The minimum absolute atomic E-state index is 0.209. The van der Waals surface area contributed by atoms with E-state index >= 15 is 0 Å². The maximum atomic E-state index is 6.54. The van der Waals surface area contributed by atoms with Gasteiger partial charge < -0.3 is 10.5 Å². The van der Waals surface area contributed by atoms with Crippen molar-refractivity contribution < 1.29 is 4.74 Å². The first kappa shape index (κ1) is 12.2. The molecule has 3 heteroatoms.